The average molecular weight is 457 g/mol. The van der Waals surface area contributed by atoms with E-state index in [1.54, 1.807) is 0 Å². The van der Waals surface area contributed by atoms with Crippen LogP contribution in [0.3, 0.4) is 0 Å². The summed E-state index contributed by atoms with van der Waals surface area (Å²) in [6.45, 7) is 17.0. The molecule has 0 aliphatic heterocycles. The van der Waals surface area contributed by atoms with E-state index in [2.05, 4.69) is 54.5 Å². The number of allylic oxidation sites excluding steroid dienone is 2. The van der Waals surface area contributed by atoms with Gasteiger partial charge in [0.2, 0.25) is 0 Å². The number of hydrogen-bond donors (Lipinski definition) is 2. The van der Waals surface area contributed by atoms with Gasteiger partial charge in [-0.3, -0.25) is 4.79 Å². The van der Waals surface area contributed by atoms with E-state index in [9.17, 15) is 15.0 Å². The fourth-order valence-corrected chi connectivity index (χ4v) is 10.8. The van der Waals surface area contributed by atoms with Crippen molar-refractivity contribution < 1.29 is 15.0 Å². The van der Waals surface area contributed by atoms with Gasteiger partial charge in [-0.1, -0.05) is 60.1 Å². The number of carbonyl (C=O) groups is 1. The minimum atomic E-state index is -0.557. The summed E-state index contributed by atoms with van der Waals surface area (Å²) < 4.78 is 0. The summed E-state index contributed by atoms with van der Waals surface area (Å²) in [7, 11) is 0. The molecule has 3 heteroatoms. The monoisotopic (exact) mass is 456 g/mol. The highest BCUT2D eigenvalue weighted by Gasteiger charge is 2.69. The van der Waals surface area contributed by atoms with Gasteiger partial charge in [-0.15, -0.1) is 0 Å². The predicted molar refractivity (Wildman–Crippen MR) is 133 cm³/mol. The van der Waals surface area contributed by atoms with E-state index in [0.717, 1.165) is 44.9 Å². The third kappa shape index (κ3) is 2.75. The first-order valence-corrected chi connectivity index (χ1v) is 13.9. The fraction of sp³-hybridized carbons (Fsp3) is 0.900. The zero-order chi connectivity index (χ0) is 24.2. The van der Waals surface area contributed by atoms with Crippen molar-refractivity contribution in [1.29, 1.82) is 0 Å². The third-order valence-corrected chi connectivity index (χ3v) is 13.4. The van der Waals surface area contributed by atoms with Crippen molar-refractivity contribution in [2.75, 3.05) is 0 Å². The van der Waals surface area contributed by atoms with Gasteiger partial charge in [0.05, 0.1) is 11.5 Å². The molecule has 5 aliphatic carbocycles. The van der Waals surface area contributed by atoms with Crippen LogP contribution >= 0.6 is 0 Å². The van der Waals surface area contributed by atoms with Crippen LogP contribution in [-0.2, 0) is 4.79 Å². The highest BCUT2D eigenvalue weighted by molar-refractivity contribution is 5.76. The van der Waals surface area contributed by atoms with E-state index in [-0.39, 0.29) is 33.7 Å². The second-order valence-corrected chi connectivity index (χ2v) is 14.5. The first-order valence-electron chi connectivity index (χ1n) is 13.9. The predicted octanol–water partition coefficient (Wildman–Crippen LogP) is 7.09. The molecule has 0 saturated heterocycles. The van der Waals surface area contributed by atoms with E-state index >= 15 is 0 Å². The molecule has 4 fully saturated rings. The van der Waals surface area contributed by atoms with Crippen molar-refractivity contribution in [2.45, 2.75) is 112 Å². The molecule has 0 radical (unpaired) electrons. The lowest BCUT2D eigenvalue weighted by Gasteiger charge is -2.71. The molecule has 3 nitrogen and oxygen atoms in total. The minimum Gasteiger partial charge on any atom is -0.481 e. The number of carboxylic acids is 1. The van der Waals surface area contributed by atoms with Crippen molar-refractivity contribution in [3.05, 3.63) is 11.6 Å². The van der Waals surface area contributed by atoms with Gasteiger partial charge in [0, 0.05) is 0 Å². The molecule has 10 atom stereocenters. The molecule has 0 aromatic heterocycles. The number of aliphatic hydroxyl groups is 1. The average Bonchev–Trinajstić information content (AvgIpc) is 2.74. The largest absolute Gasteiger partial charge is 0.481 e. The Kier molecular flexibility index (Phi) is 5.15. The number of hydrogen-bond acceptors (Lipinski definition) is 2. The Labute approximate surface area is 201 Å². The zero-order valence-corrected chi connectivity index (χ0v) is 22.2. The molecule has 0 spiro atoms. The molecule has 0 bridgehead atoms. The van der Waals surface area contributed by atoms with E-state index < -0.39 is 11.4 Å². The van der Waals surface area contributed by atoms with Crippen LogP contribution in [0.2, 0.25) is 0 Å². The van der Waals surface area contributed by atoms with Crippen molar-refractivity contribution in [3.63, 3.8) is 0 Å². The van der Waals surface area contributed by atoms with Crippen LogP contribution < -0.4 is 0 Å². The van der Waals surface area contributed by atoms with Crippen LogP contribution in [0.4, 0.5) is 0 Å². The normalized spacial score (nSPS) is 55.3. The highest BCUT2D eigenvalue weighted by atomic mass is 16.4. The quantitative estimate of drug-likeness (QED) is 0.414. The maximum Gasteiger partial charge on any atom is 0.310 e. The molecule has 33 heavy (non-hydrogen) atoms. The summed E-state index contributed by atoms with van der Waals surface area (Å²) in [6.07, 6.45) is 11.6. The smallest absolute Gasteiger partial charge is 0.310 e. The summed E-state index contributed by atoms with van der Waals surface area (Å²) in [4.78, 5) is 12.8. The molecule has 0 heterocycles. The Morgan fingerprint density at radius 3 is 2.27 bits per heavy atom. The third-order valence-electron chi connectivity index (χ3n) is 13.4. The van der Waals surface area contributed by atoms with Gasteiger partial charge < -0.3 is 10.2 Å². The Hall–Kier alpha value is -0.830. The standard InChI is InChI=1S/C30H48O3/c1-18-10-15-30(25(32)33)17-16-28(6)20(24(30)19(18)2)8-9-22-27(5)13-12-23(31)26(3,4)21(27)11-14-29(22,28)7/h8,18-19,21-24,31H,9-17H2,1-7H3,(H,32,33)/t18-,19-,21-,22+,23-,24-,27-,28+,29+,30-/m0/s1. The molecule has 186 valence electrons. The zero-order valence-electron chi connectivity index (χ0n) is 22.2. The summed E-state index contributed by atoms with van der Waals surface area (Å²) in [5, 5.41) is 21.4. The van der Waals surface area contributed by atoms with Gasteiger partial charge in [0.1, 0.15) is 0 Å². The van der Waals surface area contributed by atoms with Crippen LogP contribution in [-0.4, -0.2) is 22.3 Å². The number of aliphatic carboxylic acids is 1. The van der Waals surface area contributed by atoms with E-state index in [4.69, 9.17) is 0 Å². The van der Waals surface area contributed by atoms with Crippen molar-refractivity contribution >= 4 is 5.97 Å². The van der Waals surface area contributed by atoms with E-state index in [0.29, 0.717) is 23.7 Å². The minimum absolute atomic E-state index is 0.0302. The Balaban J connectivity index is 1.61. The van der Waals surface area contributed by atoms with Gasteiger partial charge >= 0.3 is 5.97 Å². The maximum atomic E-state index is 12.8. The molecule has 2 N–H and O–H groups in total. The molecule has 5 aliphatic rings. The number of rotatable bonds is 1. The second kappa shape index (κ2) is 7.11. The van der Waals surface area contributed by atoms with Gasteiger partial charge in [-0.25, -0.2) is 0 Å². The summed E-state index contributed by atoms with van der Waals surface area (Å²) in [6, 6.07) is 0. The SMILES string of the molecule is C[C@@H]1[C@H]2C3=CC[C@@H]4[C@@]5(C)CC[C@H](O)C(C)(C)[C@@H]5CC[C@@]4(C)[C@]3(C)CC[C@@]2(C(=O)O)CC[C@@H]1C. The topological polar surface area (TPSA) is 57.5 Å². The van der Waals surface area contributed by atoms with Gasteiger partial charge in [-0.05, 0) is 109 Å². The van der Waals surface area contributed by atoms with Gasteiger partial charge in [0.15, 0.2) is 0 Å². The Morgan fingerprint density at radius 1 is 0.909 bits per heavy atom. The molecule has 4 saturated carbocycles. The van der Waals surface area contributed by atoms with Crippen LogP contribution in [0.25, 0.3) is 0 Å². The summed E-state index contributed by atoms with van der Waals surface area (Å²) in [5.74, 6) is 1.82. The van der Waals surface area contributed by atoms with Crippen LogP contribution in [0.1, 0.15) is 106 Å². The maximum absolute atomic E-state index is 12.8. The molecular formula is C30H48O3. The van der Waals surface area contributed by atoms with E-state index in [1.165, 1.54) is 18.4 Å². The molecule has 0 amide bonds. The molecule has 0 aromatic rings. The summed E-state index contributed by atoms with van der Waals surface area (Å²) >= 11 is 0. The summed E-state index contributed by atoms with van der Waals surface area (Å²) in [5.41, 5.74) is 1.46. The van der Waals surface area contributed by atoms with Crippen molar-refractivity contribution in [2.24, 2.45) is 56.7 Å². The number of fused-ring (bicyclic) bond motifs is 7. The van der Waals surface area contributed by atoms with Gasteiger partial charge in [-0.2, -0.15) is 0 Å². The van der Waals surface area contributed by atoms with Crippen molar-refractivity contribution in [3.8, 4) is 0 Å². The van der Waals surface area contributed by atoms with Crippen LogP contribution in [0, 0.1) is 56.7 Å². The Morgan fingerprint density at radius 2 is 1.61 bits per heavy atom. The fourth-order valence-electron chi connectivity index (χ4n) is 10.8. The first-order chi connectivity index (χ1) is 15.3. The molecule has 0 unspecified atom stereocenters. The molecule has 5 rings (SSSR count). The lowest BCUT2D eigenvalue weighted by Crippen LogP contribution is -2.65. The van der Waals surface area contributed by atoms with Crippen molar-refractivity contribution in [1.82, 2.24) is 0 Å². The van der Waals surface area contributed by atoms with Crippen LogP contribution in [0.5, 0.6) is 0 Å². The Bertz CT molecular complexity index is 874. The first kappa shape index (κ1) is 23.9. The van der Waals surface area contributed by atoms with Crippen LogP contribution in [0.15, 0.2) is 11.6 Å². The number of carboxylic acid groups (broad SMARTS) is 1. The molecule has 0 aromatic carbocycles. The second-order valence-electron chi connectivity index (χ2n) is 14.5. The van der Waals surface area contributed by atoms with E-state index in [1.807, 2.05) is 0 Å². The molecular weight excluding hydrogens is 408 g/mol. The van der Waals surface area contributed by atoms with Gasteiger partial charge in [0.25, 0.3) is 0 Å². The lowest BCUT2D eigenvalue weighted by atomic mass is 9.33. The number of aliphatic hydroxyl groups excluding tert-OH is 1. The lowest BCUT2D eigenvalue weighted by molar-refractivity contribution is -0.206. The highest BCUT2D eigenvalue weighted by Crippen LogP contribution is 2.75.